The molecule has 2 aromatic rings. The maximum atomic E-state index is 12.7. The van der Waals surface area contributed by atoms with Crippen LogP contribution in [0, 0.1) is 38.5 Å². The highest BCUT2D eigenvalue weighted by Gasteiger charge is 2.42. The molecule has 2 aliphatic carbocycles. The summed E-state index contributed by atoms with van der Waals surface area (Å²) in [4.78, 5) is 21.7. The zero-order valence-corrected chi connectivity index (χ0v) is 17.6. The molecule has 4 rings (SSSR count). The van der Waals surface area contributed by atoms with E-state index in [1.807, 2.05) is 27.7 Å². The highest BCUT2D eigenvalue weighted by atomic mass is 32.2. The molecular weight excluding hydrogens is 358 g/mol. The number of fused-ring (bicyclic) bond motifs is 3. The van der Waals surface area contributed by atoms with E-state index in [2.05, 4.69) is 27.3 Å². The van der Waals surface area contributed by atoms with Crippen molar-refractivity contribution < 1.29 is 4.79 Å². The molecule has 0 radical (unpaired) electrons. The Bertz CT molecular complexity index is 879. The molecule has 2 aliphatic rings. The van der Waals surface area contributed by atoms with Crippen LogP contribution in [0.3, 0.4) is 0 Å². The van der Waals surface area contributed by atoms with Crippen LogP contribution < -0.4 is 5.32 Å². The Kier molecular flexibility index (Phi) is 4.91. The topological polar surface area (TPSA) is 72.2 Å². The number of carbonyl (C=O) groups is 1. The minimum absolute atomic E-state index is 0.0752. The molecule has 5 unspecified atom stereocenters. The first-order valence-corrected chi connectivity index (χ1v) is 10.9. The Balaban J connectivity index is 1.41. The van der Waals surface area contributed by atoms with Crippen molar-refractivity contribution in [1.29, 1.82) is 0 Å². The second-order valence-electron chi connectivity index (χ2n) is 8.41. The summed E-state index contributed by atoms with van der Waals surface area (Å²) < 4.78 is 1.77. The molecule has 2 saturated carbocycles. The average Bonchev–Trinajstić information content (AvgIpc) is 3.35. The van der Waals surface area contributed by atoms with E-state index in [1.54, 1.807) is 4.52 Å². The van der Waals surface area contributed by atoms with Crippen LogP contribution in [0.2, 0.25) is 0 Å². The van der Waals surface area contributed by atoms with E-state index in [-0.39, 0.29) is 17.2 Å². The summed E-state index contributed by atoms with van der Waals surface area (Å²) in [6, 6.07) is 0.249. The summed E-state index contributed by atoms with van der Waals surface area (Å²) >= 11 is 1.40. The molecule has 0 aromatic carbocycles. The van der Waals surface area contributed by atoms with E-state index in [0.29, 0.717) is 16.9 Å². The molecule has 27 heavy (non-hydrogen) atoms. The first kappa shape index (κ1) is 18.7. The van der Waals surface area contributed by atoms with Gasteiger partial charge >= 0.3 is 0 Å². The lowest BCUT2D eigenvalue weighted by molar-refractivity contribution is -0.121. The van der Waals surface area contributed by atoms with Gasteiger partial charge in [0, 0.05) is 17.4 Å². The first-order chi connectivity index (χ1) is 12.8. The number of hydrogen-bond acceptors (Lipinski definition) is 5. The average molecular weight is 388 g/mol. The number of aryl methyl sites for hydroxylation is 2. The quantitative estimate of drug-likeness (QED) is 0.796. The highest BCUT2D eigenvalue weighted by Crippen LogP contribution is 2.49. The van der Waals surface area contributed by atoms with Crippen LogP contribution in [0.15, 0.2) is 5.16 Å². The van der Waals surface area contributed by atoms with Crippen LogP contribution in [0.1, 0.15) is 56.5 Å². The SMILES string of the molecule is Cc1nc2nc(SC(C)C(=O)NC(C)C3CC4CCC3C4)nn2c(C)c1C. The maximum Gasteiger partial charge on any atom is 0.253 e. The molecule has 1 amide bonds. The zero-order chi connectivity index (χ0) is 19.3. The third-order valence-corrected chi connectivity index (χ3v) is 7.65. The van der Waals surface area contributed by atoms with Crippen LogP contribution in [0.4, 0.5) is 0 Å². The van der Waals surface area contributed by atoms with Crippen molar-refractivity contribution in [3.05, 3.63) is 17.0 Å². The fourth-order valence-corrected chi connectivity index (χ4v) is 5.61. The van der Waals surface area contributed by atoms with Crippen molar-refractivity contribution in [2.45, 2.75) is 76.8 Å². The monoisotopic (exact) mass is 387 g/mol. The third kappa shape index (κ3) is 3.46. The Hall–Kier alpha value is -1.63. The molecule has 146 valence electrons. The van der Waals surface area contributed by atoms with Crippen molar-refractivity contribution >= 4 is 23.4 Å². The van der Waals surface area contributed by atoms with Gasteiger partial charge in [-0.2, -0.15) is 4.98 Å². The standard InChI is InChI=1S/C20H29N5OS/c1-10-11(2)22-19-23-20(24-25(19)13(10)4)27-14(5)18(26)21-12(3)17-9-15-6-7-16(17)8-15/h12,14-17H,6-9H2,1-5H3,(H,21,26). The van der Waals surface area contributed by atoms with Crippen molar-refractivity contribution in [1.82, 2.24) is 24.9 Å². The number of nitrogens with zero attached hydrogens (tertiary/aromatic N) is 4. The molecule has 7 heteroatoms. The van der Waals surface area contributed by atoms with Crippen molar-refractivity contribution in [2.75, 3.05) is 0 Å². The van der Waals surface area contributed by atoms with E-state index >= 15 is 0 Å². The Labute approximate surface area is 164 Å². The molecule has 2 bridgehead atoms. The summed E-state index contributed by atoms with van der Waals surface area (Å²) in [5, 5.41) is 8.17. The van der Waals surface area contributed by atoms with Gasteiger partial charge in [0.2, 0.25) is 11.1 Å². The molecular formula is C20H29N5OS. The van der Waals surface area contributed by atoms with Gasteiger partial charge in [-0.15, -0.1) is 5.10 Å². The van der Waals surface area contributed by atoms with Gasteiger partial charge in [-0.3, -0.25) is 4.79 Å². The van der Waals surface area contributed by atoms with Gasteiger partial charge in [-0.05, 0) is 77.2 Å². The minimum atomic E-state index is -0.231. The van der Waals surface area contributed by atoms with Gasteiger partial charge in [0.05, 0.1) is 5.25 Å². The Morgan fingerprint density at radius 3 is 2.63 bits per heavy atom. The molecule has 5 atom stereocenters. The fraction of sp³-hybridized carbons (Fsp3) is 0.700. The summed E-state index contributed by atoms with van der Waals surface area (Å²) in [6.45, 7) is 10.1. The molecule has 0 aliphatic heterocycles. The zero-order valence-electron chi connectivity index (χ0n) is 16.8. The lowest BCUT2D eigenvalue weighted by Crippen LogP contribution is -2.43. The predicted octanol–water partition coefficient (Wildman–Crippen LogP) is 3.47. The molecule has 2 heterocycles. The van der Waals surface area contributed by atoms with Crippen molar-refractivity contribution in [3.8, 4) is 0 Å². The van der Waals surface area contributed by atoms with Crippen LogP contribution >= 0.6 is 11.8 Å². The summed E-state index contributed by atoms with van der Waals surface area (Å²) in [5.41, 5.74) is 3.13. The van der Waals surface area contributed by atoms with Gasteiger partial charge in [0.25, 0.3) is 5.78 Å². The van der Waals surface area contributed by atoms with Gasteiger partial charge < -0.3 is 5.32 Å². The van der Waals surface area contributed by atoms with E-state index in [1.165, 1.54) is 37.4 Å². The minimum Gasteiger partial charge on any atom is -0.352 e. The van der Waals surface area contributed by atoms with Crippen molar-refractivity contribution in [2.24, 2.45) is 17.8 Å². The highest BCUT2D eigenvalue weighted by molar-refractivity contribution is 8.00. The summed E-state index contributed by atoms with van der Waals surface area (Å²) in [6.07, 6.45) is 5.38. The van der Waals surface area contributed by atoms with Crippen LogP contribution in [-0.2, 0) is 4.79 Å². The van der Waals surface area contributed by atoms with E-state index in [0.717, 1.165) is 28.8 Å². The smallest absolute Gasteiger partial charge is 0.253 e. The Morgan fingerprint density at radius 1 is 1.19 bits per heavy atom. The van der Waals surface area contributed by atoms with E-state index in [4.69, 9.17) is 0 Å². The molecule has 0 spiro atoms. The number of thioether (sulfide) groups is 1. The number of amides is 1. The van der Waals surface area contributed by atoms with E-state index < -0.39 is 0 Å². The van der Waals surface area contributed by atoms with Gasteiger partial charge in [0.1, 0.15) is 0 Å². The van der Waals surface area contributed by atoms with Gasteiger partial charge in [-0.25, -0.2) is 9.50 Å². The lowest BCUT2D eigenvalue weighted by atomic mass is 9.84. The second-order valence-corrected chi connectivity index (χ2v) is 9.72. The Morgan fingerprint density at radius 2 is 1.96 bits per heavy atom. The number of aromatic nitrogens is 4. The van der Waals surface area contributed by atoms with Crippen molar-refractivity contribution in [3.63, 3.8) is 0 Å². The number of rotatable bonds is 5. The molecule has 2 aromatic heterocycles. The number of carbonyl (C=O) groups excluding carboxylic acids is 1. The normalized spacial score (nSPS) is 26.5. The van der Waals surface area contributed by atoms with Gasteiger partial charge in [-0.1, -0.05) is 18.2 Å². The van der Waals surface area contributed by atoms with Crippen LogP contribution in [0.25, 0.3) is 5.78 Å². The largest absolute Gasteiger partial charge is 0.352 e. The molecule has 1 N–H and O–H groups in total. The van der Waals surface area contributed by atoms with Gasteiger partial charge in [0.15, 0.2) is 0 Å². The number of nitrogens with one attached hydrogen (secondary N) is 1. The van der Waals surface area contributed by atoms with Crippen LogP contribution in [-0.4, -0.2) is 36.8 Å². The van der Waals surface area contributed by atoms with Crippen LogP contribution in [0.5, 0.6) is 0 Å². The number of hydrogen-bond donors (Lipinski definition) is 1. The molecule has 0 saturated heterocycles. The second kappa shape index (κ2) is 7.08. The molecule has 6 nitrogen and oxygen atoms in total. The maximum absolute atomic E-state index is 12.7. The first-order valence-electron chi connectivity index (χ1n) is 10.0. The lowest BCUT2D eigenvalue weighted by Gasteiger charge is -2.29. The van der Waals surface area contributed by atoms with E-state index in [9.17, 15) is 4.79 Å². The third-order valence-electron chi connectivity index (χ3n) is 6.70. The summed E-state index contributed by atoms with van der Waals surface area (Å²) in [5.74, 6) is 3.04. The molecule has 2 fully saturated rings. The fourth-order valence-electron chi connectivity index (χ4n) is 4.85. The summed E-state index contributed by atoms with van der Waals surface area (Å²) in [7, 11) is 0. The predicted molar refractivity (Wildman–Crippen MR) is 107 cm³/mol.